The van der Waals surface area contributed by atoms with Crippen molar-refractivity contribution >= 4 is 11.3 Å². The molecule has 0 bridgehead atoms. The fourth-order valence-electron chi connectivity index (χ4n) is 3.65. The van der Waals surface area contributed by atoms with Crippen molar-refractivity contribution in [1.82, 2.24) is 10.3 Å². The van der Waals surface area contributed by atoms with Crippen molar-refractivity contribution in [3.05, 3.63) is 21.9 Å². The number of likely N-dealkylation sites (N-methyl/N-ethyl adjacent to an activating group) is 1. The van der Waals surface area contributed by atoms with Crippen LogP contribution in [0.4, 0.5) is 0 Å². The lowest BCUT2D eigenvalue weighted by atomic mass is 9.70. The highest BCUT2D eigenvalue weighted by Crippen LogP contribution is 2.45. The Labute approximate surface area is 121 Å². The molecule has 1 aliphatic carbocycles. The number of aryl methyl sites for hydroxylation is 1. The first-order chi connectivity index (χ1) is 9.01. The molecule has 0 aliphatic heterocycles. The lowest BCUT2D eigenvalue weighted by molar-refractivity contribution is 0.0376. The van der Waals surface area contributed by atoms with Crippen LogP contribution in [0.5, 0.6) is 0 Å². The van der Waals surface area contributed by atoms with Crippen molar-refractivity contribution in [2.45, 2.75) is 51.1 Å². The maximum absolute atomic E-state index is 5.96. The Bertz CT molecular complexity index is 415. The Morgan fingerprint density at radius 3 is 2.74 bits per heavy atom. The molecular weight excluding hydrogens is 254 g/mol. The number of hydrogen-bond donors (Lipinski definition) is 2. The first-order valence-electron chi connectivity index (χ1n) is 7.19. The van der Waals surface area contributed by atoms with Gasteiger partial charge in [0.1, 0.15) is 0 Å². The van der Waals surface area contributed by atoms with Crippen LogP contribution in [0, 0.1) is 12.8 Å². The van der Waals surface area contributed by atoms with Crippen LogP contribution in [0.1, 0.15) is 49.1 Å². The van der Waals surface area contributed by atoms with Gasteiger partial charge >= 0.3 is 0 Å². The topological polar surface area (TPSA) is 41.3 Å². The molecule has 19 heavy (non-hydrogen) atoms. The van der Waals surface area contributed by atoms with Gasteiger partial charge < -0.3 is 4.90 Å². The highest BCUT2D eigenvalue weighted by atomic mass is 32.1. The number of nitrogens with one attached hydrogen (secondary N) is 1. The van der Waals surface area contributed by atoms with E-state index in [2.05, 4.69) is 49.7 Å². The molecule has 1 saturated carbocycles. The van der Waals surface area contributed by atoms with Gasteiger partial charge in [0.2, 0.25) is 0 Å². The zero-order valence-corrected chi connectivity index (χ0v) is 13.4. The van der Waals surface area contributed by atoms with E-state index in [0.29, 0.717) is 0 Å². The molecule has 1 aromatic heterocycles. The maximum atomic E-state index is 5.96. The lowest BCUT2D eigenvalue weighted by Crippen LogP contribution is -2.57. The second-order valence-electron chi connectivity index (χ2n) is 6.27. The summed E-state index contributed by atoms with van der Waals surface area (Å²) in [4.78, 5) is 3.79. The van der Waals surface area contributed by atoms with Crippen molar-refractivity contribution in [1.29, 1.82) is 0 Å². The summed E-state index contributed by atoms with van der Waals surface area (Å²) in [6, 6.07) is 2.42. The Kier molecular flexibility index (Phi) is 4.66. The van der Waals surface area contributed by atoms with Crippen LogP contribution in [0.25, 0.3) is 0 Å². The smallest absolute Gasteiger partial charge is 0.0739 e. The van der Waals surface area contributed by atoms with Crippen LogP contribution in [0.2, 0.25) is 0 Å². The average molecular weight is 281 g/mol. The normalized spacial score (nSPS) is 29.7. The number of nitrogens with zero attached hydrogens (tertiary/aromatic N) is 1. The molecule has 1 fully saturated rings. The van der Waals surface area contributed by atoms with Crippen molar-refractivity contribution in [2.24, 2.45) is 11.8 Å². The van der Waals surface area contributed by atoms with E-state index in [1.54, 1.807) is 0 Å². The second-order valence-corrected chi connectivity index (χ2v) is 7.21. The zero-order valence-electron chi connectivity index (χ0n) is 12.6. The van der Waals surface area contributed by atoms with Crippen molar-refractivity contribution < 1.29 is 0 Å². The van der Waals surface area contributed by atoms with E-state index in [0.717, 1.165) is 5.92 Å². The molecular formula is C15H27N3S. The molecule has 2 rings (SSSR count). The molecule has 1 heterocycles. The van der Waals surface area contributed by atoms with Crippen LogP contribution in [0.3, 0.4) is 0 Å². The summed E-state index contributed by atoms with van der Waals surface area (Å²) in [5, 5.41) is 2.17. The quantitative estimate of drug-likeness (QED) is 0.658. The Balaban J connectivity index is 2.39. The van der Waals surface area contributed by atoms with Crippen LogP contribution in [-0.2, 0) is 0 Å². The molecule has 1 aromatic rings. The molecule has 0 radical (unpaired) electrons. The van der Waals surface area contributed by atoms with Gasteiger partial charge in [-0.3, -0.25) is 11.3 Å². The van der Waals surface area contributed by atoms with E-state index in [1.807, 2.05) is 11.3 Å². The van der Waals surface area contributed by atoms with E-state index in [4.69, 9.17) is 5.84 Å². The minimum atomic E-state index is 0.141. The predicted octanol–water partition coefficient (Wildman–Crippen LogP) is 3.07. The predicted molar refractivity (Wildman–Crippen MR) is 83.2 cm³/mol. The molecule has 0 aromatic carbocycles. The second kappa shape index (κ2) is 5.92. The van der Waals surface area contributed by atoms with E-state index >= 15 is 0 Å². The summed E-state index contributed by atoms with van der Waals surface area (Å²) in [6.45, 7) is 4.55. The standard InChI is InChI=1S/C15H27N3S/c1-11-6-5-8-15(10-11,18(3)4)14(17-16)13-12(2)7-9-19-13/h7,9,11,14,17H,5-6,8,10,16H2,1-4H3. The molecule has 3 N–H and O–H groups in total. The largest absolute Gasteiger partial charge is 0.302 e. The van der Waals surface area contributed by atoms with E-state index in [1.165, 1.54) is 36.1 Å². The van der Waals surface area contributed by atoms with Crippen LogP contribution < -0.4 is 11.3 Å². The maximum Gasteiger partial charge on any atom is 0.0739 e. The number of rotatable bonds is 4. The number of thiophene rings is 1. The fraction of sp³-hybridized carbons (Fsp3) is 0.733. The van der Waals surface area contributed by atoms with Gasteiger partial charge in [0.25, 0.3) is 0 Å². The number of hydrazine groups is 1. The van der Waals surface area contributed by atoms with Gasteiger partial charge in [0.15, 0.2) is 0 Å². The first-order valence-corrected chi connectivity index (χ1v) is 8.07. The van der Waals surface area contributed by atoms with E-state index in [-0.39, 0.29) is 11.6 Å². The SMILES string of the molecule is Cc1ccsc1C(NN)C1(N(C)C)CCCC(C)C1. The highest BCUT2D eigenvalue weighted by Gasteiger charge is 2.44. The third kappa shape index (κ3) is 2.72. The summed E-state index contributed by atoms with van der Waals surface area (Å²) >= 11 is 1.82. The van der Waals surface area contributed by atoms with Crippen molar-refractivity contribution in [3.8, 4) is 0 Å². The fourth-order valence-corrected chi connectivity index (χ4v) is 4.74. The van der Waals surface area contributed by atoms with Crippen LogP contribution in [0.15, 0.2) is 11.4 Å². The minimum absolute atomic E-state index is 0.141. The molecule has 0 saturated heterocycles. The number of hydrogen-bond acceptors (Lipinski definition) is 4. The van der Waals surface area contributed by atoms with Crippen molar-refractivity contribution in [3.63, 3.8) is 0 Å². The molecule has 0 spiro atoms. The lowest BCUT2D eigenvalue weighted by Gasteiger charge is -2.50. The molecule has 4 heteroatoms. The minimum Gasteiger partial charge on any atom is -0.302 e. The van der Waals surface area contributed by atoms with Gasteiger partial charge in [-0.25, -0.2) is 0 Å². The summed E-state index contributed by atoms with van der Waals surface area (Å²) in [5.74, 6) is 6.73. The molecule has 0 amide bonds. The summed E-state index contributed by atoms with van der Waals surface area (Å²) < 4.78 is 0. The van der Waals surface area contributed by atoms with E-state index in [9.17, 15) is 0 Å². The molecule has 3 nitrogen and oxygen atoms in total. The monoisotopic (exact) mass is 281 g/mol. The Hall–Kier alpha value is -0.420. The summed E-state index contributed by atoms with van der Waals surface area (Å²) in [7, 11) is 4.40. The van der Waals surface area contributed by atoms with Gasteiger partial charge in [0.05, 0.1) is 6.04 Å². The average Bonchev–Trinajstić information content (AvgIpc) is 2.76. The van der Waals surface area contributed by atoms with Crippen molar-refractivity contribution in [2.75, 3.05) is 14.1 Å². The van der Waals surface area contributed by atoms with E-state index < -0.39 is 0 Å². The molecule has 3 unspecified atom stereocenters. The van der Waals surface area contributed by atoms with Crippen LogP contribution in [-0.4, -0.2) is 24.5 Å². The Morgan fingerprint density at radius 2 is 2.26 bits per heavy atom. The third-order valence-corrected chi connectivity index (χ3v) is 5.85. The molecule has 108 valence electrons. The van der Waals surface area contributed by atoms with Gasteiger partial charge in [0, 0.05) is 10.4 Å². The van der Waals surface area contributed by atoms with Gasteiger partial charge in [-0.15, -0.1) is 11.3 Å². The summed E-state index contributed by atoms with van der Waals surface area (Å²) in [5.41, 5.74) is 4.62. The van der Waals surface area contributed by atoms with Gasteiger partial charge in [-0.05, 0) is 56.8 Å². The zero-order chi connectivity index (χ0) is 14.0. The summed E-state index contributed by atoms with van der Waals surface area (Å²) in [6.07, 6.45) is 5.07. The molecule has 3 atom stereocenters. The number of nitrogens with two attached hydrogens (primary N) is 1. The van der Waals surface area contributed by atoms with Gasteiger partial charge in [-0.2, -0.15) is 0 Å². The third-order valence-electron chi connectivity index (χ3n) is 4.77. The molecule has 1 aliphatic rings. The van der Waals surface area contributed by atoms with Gasteiger partial charge in [-0.1, -0.05) is 19.8 Å². The first kappa shape index (κ1) is 15.0. The van der Waals surface area contributed by atoms with Crippen LogP contribution >= 0.6 is 11.3 Å². The highest BCUT2D eigenvalue weighted by molar-refractivity contribution is 7.10. The Morgan fingerprint density at radius 1 is 1.53 bits per heavy atom.